The van der Waals surface area contributed by atoms with Gasteiger partial charge in [0.25, 0.3) is 0 Å². The summed E-state index contributed by atoms with van der Waals surface area (Å²) in [6.45, 7) is 5.70. The Morgan fingerprint density at radius 2 is 1.74 bits per heavy atom. The first-order valence-electron chi connectivity index (χ1n) is 12.1. The minimum Gasteiger partial charge on any atom is -0.371 e. The number of allylic oxidation sites excluding steroid dienone is 3. The third-order valence-electron chi connectivity index (χ3n) is 8.14. The summed E-state index contributed by atoms with van der Waals surface area (Å²) in [5.41, 5.74) is 5.02. The summed E-state index contributed by atoms with van der Waals surface area (Å²) in [5.74, 6) is 0.920. The molecule has 164 valence electrons. The number of ketones is 1. The first-order chi connectivity index (χ1) is 15.0. The van der Waals surface area contributed by atoms with Crippen LogP contribution in [0.25, 0.3) is 0 Å². The molecule has 5 rings (SSSR count). The van der Waals surface area contributed by atoms with Gasteiger partial charge in [0.05, 0.1) is 0 Å². The molecule has 0 bridgehead atoms. The number of likely N-dealkylation sites (tertiary alicyclic amines) is 1. The zero-order chi connectivity index (χ0) is 21.4. The second-order valence-corrected chi connectivity index (χ2v) is 10.2. The predicted octanol–water partition coefficient (Wildman–Crippen LogP) is 4.08. The summed E-state index contributed by atoms with van der Waals surface area (Å²) in [6, 6.07) is 6.68. The number of fused-ring (bicyclic) bond motifs is 1. The Morgan fingerprint density at radius 1 is 1.03 bits per heavy atom. The molecule has 4 aliphatic rings. The molecule has 0 spiro atoms. The van der Waals surface area contributed by atoms with Crippen LogP contribution < -0.4 is 0 Å². The second-order valence-electron chi connectivity index (χ2n) is 10.2. The molecule has 1 aromatic carbocycles. The van der Waals surface area contributed by atoms with Crippen LogP contribution in [0.15, 0.2) is 42.1 Å². The first kappa shape index (κ1) is 20.5. The monoisotopic (exact) mass is 418 g/mol. The van der Waals surface area contributed by atoms with Crippen molar-refractivity contribution in [2.45, 2.75) is 58.3 Å². The highest BCUT2D eigenvalue weighted by Crippen LogP contribution is 2.36. The van der Waals surface area contributed by atoms with Crippen LogP contribution in [-0.4, -0.2) is 47.7 Å². The minimum absolute atomic E-state index is 0.257. The van der Waals surface area contributed by atoms with Crippen molar-refractivity contribution < 1.29 is 9.59 Å². The summed E-state index contributed by atoms with van der Waals surface area (Å²) < 4.78 is 0. The molecule has 2 fully saturated rings. The van der Waals surface area contributed by atoms with Crippen LogP contribution in [-0.2, 0) is 28.9 Å². The maximum atomic E-state index is 13.3. The highest BCUT2D eigenvalue weighted by Gasteiger charge is 2.39. The molecule has 1 aromatic rings. The molecule has 4 nitrogen and oxygen atoms in total. The Kier molecular flexibility index (Phi) is 5.49. The summed E-state index contributed by atoms with van der Waals surface area (Å²) in [5, 5.41) is 0. The third-order valence-corrected chi connectivity index (χ3v) is 8.14. The van der Waals surface area contributed by atoms with Gasteiger partial charge in [0.2, 0.25) is 5.91 Å². The smallest absolute Gasteiger partial charge is 0.225 e. The lowest BCUT2D eigenvalue weighted by atomic mass is 9.74. The Balaban J connectivity index is 1.19. The van der Waals surface area contributed by atoms with Gasteiger partial charge in [-0.1, -0.05) is 37.6 Å². The van der Waals surface area contributed by atoms with Gasteiger partial charge in [-0.3, -0.25) is 9.59 Å². The fourth-order valence-electron chi connectivity index (χ4n) is 5.35. The van der Waals surface area contributed by atoms with Crippen LogP contribution in [0, 0.1) is 11.3 Å². The summed E-state index contributed by atoms with van der Waals surface area (Å²) >= 11 is 0. The van der Waals surface area contributed by atoms with Crippen LogP contribution in [0.1, 0.15) is 55.7 Å². The number of benzene rings is 1. The lowest BCUT2D eigenvalue weighted by Gasteiger charge is -2.41. The Morgan fingerprint density at radius 3 is 2.35 bits per heavy atom. The van der Waals surface area contributed by atoms with Crippen LogP contribution in [0.4, 0.5) is 0 Å². The summed E-state index contributed by atoms with van der Waals surface area (Å²) in [4.78, 5) is 30.3. The number of hydrogen-bond donors (Lipinski definition) is 0. The van der Waals surface area contributed by atoms with Gasteiger partial charge < -0.3 is 9.80 Å². The van der Waals surface area contributed by atoms with Crippen molar-refractivity contribution in [2.75, 3.05) is 26.2 Å². The average molecular weight is 419 g/mol. The van der Waals surface area contributed by atoms with E-state index < -0.39 is 0 Å². The van der Waals surface area contributed by atoms with Crippen LogP contribution >= 0.6 is 0 Å². The summed E-state index contributed by atoms with van der Waals surface area (Å²) in [7, 11) is 0. The van der Waals surface area contributed by atoms with Crippen molar-refractivity contribution in [1.82, 2.24) is 9.80 Å². The maximum absolute atomic E-state index is 13.3. The molecule has 31 heavy (non-hydrogen) atoms. The maximum Gasteiger partial charge on any atom is 0.225 e. The van der Waals surface area contributed by atoms with E-state index in [1.54, 1.807) is 0 Å². The van der Waals surface area contributed by atoms with E-state index in [9.17, 15) is 9.59 Å². The molecule has 1 saturated heterocycles. The van der Waals surface area contributed by atoms with E-state index in [4.69, 9.17) is 0 Å². The third kappa shape index (κ3) is 4.09. The number of carbonyl (C=O) groups excluding carboxylic acids is 2. The largest absolute Gasteiger partial charge is 0.371 e. The number of hydrogen-bond acceptors (Lipinski definition) is 3. The molecular formula is C27H34N2O2. The zero-order valence-corrected chi connectivity index (χ0v) is 18.7. The van der Waals surface area contributed by atoms with E-state index in [-0.39, 0.29) is 11.3 Å². The quantitative estimate of drug-likeness (QED) is 0.723. The molecule has 1 saturated carbocycles. The van der Waals surface area contributed by atoms with E-state index in [0.29, 0.717) is 18.1 Å². The van der Waals surface area contributed by atoms with Crippen LogP contribution in [0.5, 0.6) is 0 Å². The molecule has 0 atom stereocenters. The topological polar surface area (TPSA) is 40.6 Å². The van der Waals surface area contributed by atoms with E-state index in [1.165, 1.54) is 23.2 Å². The molecule has 0 radical (unpaired) electrons. The van der Waals surface area contributed by atoms with Gasteiger partial charge in [-0.2, -0.15) is 0 Å². The van der Waals surface area contributed by atoms with Gasteiger partial charge >= 0.3 is 0 Å². The zero-order valence-electron chi connectivity index (χ0n) is 18.7. The number of Topliss-reactive ketones (excluding diaryl/α,β-unsaturated/α-hetero) is 1. The highest BCUT2D eigenvalue weighted by molar-refractivity contribution is 5.87. The van der Waals surface area contributed by atoms with Crippen LogP contribution in [0.3, 0.4) is 0 Å². The highest BCUT2D eigenvalue weighted by atomic mass is 16.2. The standard InChI is InChI=1S/C27H34N2O2/c1-27(12-16-29(17-13-27)26(31)22-4-2-5-22)25(30)19-20-8-9-21-10-14-28(24-6-3-7-24)15-11-23(21)18-20/h3,6-9,18,22H,2,4-5,10-17,19H2,1H3. The Hall–Kier alpha value is -2.36. The number of piperidine rings is 1. The predicted molar refractivity (Wildman–Crippen MR) is 123 cm³/mol. The number of nitrogens with zero attached hydrogens (tertiary/aromatic N) is 2. The van der Waals surface area contributed by atoms with Gasteiger partial charge in [0.15, 0.2) is 0 Å². The van der Waals surface area contributed by atoms with Gasteiger partial charge in [0, 0.05) is 49.6 Å². The second kappa shape index (κ2) is 8.29. The molecule has 0 unspecified atom stereocenters. The number of carbonyl (C=O) groups is 2. The van der Waals surface area contributed by atoms with E-state index in [0.717, 1.165) is 70.3 Å². The van der Waals surface area contributed by atoms with Gasteiger partial charge in [0.1, 0.15) is 5.78 Å². The molecule has 0 N–H and O–H groups in total. The van der Waals surface area contributed by atoms with Gasteiger partial charge in [-0.15, -0.1) is 0 Å². The van der Waals surface area contributed by atoms with Crippen molar-refractivity contribution >= 4 is 11.7 Å². The molecule has 2 aliphatic carbocycles. The molecular weight excluding hydrogens is 384 g/mol. The Bertz CT molecular complexity index is 933. The van der Waals surface area contributed by atoms with E-state index >= 15 is 0 Å². The van der Waals surface area contributed by atoms with E-state index in [1.807, 2.05) is 4.90 Å². The SMILES string of the molecule is CC1(C(=O)Cc2ccc3c(c2)CCN(C2=CC=C2)CC3)CCN(C(=O)C2CCC2)CC1. The van der Waals surface area contributed by atoms with Gasteiger partial charge in [-0.05, 0) is 67.4 Å². The lowest BCUT2D eigenvalue weighted by Crippen LogP contribution is -2.48. The van der Waals surface area contributed by atoms with Gasteiger partial charge in [-0.25, -0.2) is 0 Å². The van der Waals surface area contributed by atoms with Crippen molar-refractivity contribution in [3.8, 4) is 0 Å². The summed E-state index contributed by atoms with van der Waals surface area (Å²) in [6.07, 6.45) is 14.0. The van der Waals surface area contributed by atoms with Crippen molar-refractivity contribution in [2.24, 2.45) is 11.3 Å². The molecule has 2 heterocycles. The fourth-order valence-corrected chi connectivity index (χ4v) is 5.35. The van der Waals surface area contributed by atoms with E-state index in [2.05, 4.69) is 48.3 Å². The van der Waals surface area contributed by atoms with Crippen molar-refractivity contribution in [1.29, 1.82) is 0 Å². The molecule has 4 heteroatoms. The minimum atomic E-state index is -0.303. The average Bonchev–Trinajstić information content (AvgIpc) is 2.88. The first-order valence-corrected chi connectivity index (χ1v) is 12.1. The van der Waals surface area contributed by atoms with Crippen molar-refractivity contribution in [3.05, 3.63) is 58.8 Å². The normalized spacial score (nSPS) is 22.7. The van der Waals surface area contributed by atoms with Crippen molar-refractivity contribution in [3.63, 3.8) is 0 Å². The molecule has 1 amide bonds. The fraction of sp³-hybridized carbons (Fsp3) is 0.556. The lowest BCUT2D eigenvalue weighted by molar-refractivity contribution is -0.143. The molecule has 0 aromatic heterocycles. The number of rotatable bonds is 5. The Labute approximate surface area is 186 Å². The molecule has 2 aliphatic heterocycles. The number of amides is 1. The van der Waals surface area contributed by atoms with Crippen LogP contribution in [0.2, 0.25) is 0 Å².